The van der Waals surface area contributed by atoms with E-state index in [4.69, 9.17) is 0 Å². The van der Waals surface area contributed by atoms with Crippen molar-refractivity contribution in [1.29, 1.82) is 0 Å². The maximum Gasteiger partial charge on any atom is 0.173 e. The topological polar surface area (TPSA) is 25.8 Å². The predicted molar refractivity (Wildman–Crippen MR) is 80.3 cm³/mol. The molecule has 2 aromatic carbocycles. The van der Waals surface area contributed by atoms with Crippen molar-refractivity contribution in [2.75, 3.05) is 0 Å². The first-order valence-electron chi connectivity index (χ1n) is 6.20. The summed E-state index contributed by atoms with van der Waals surface area (Å²) in [7, 11) is 0. The van der Waals surface area contributed by atoms with Gasteiger partial charge in [-0.3, -0.25) is 0 Å². The highest BCUT2D eigenvalue weighted by Crippen LogP contribution is 2.26. The molecule has 1 heterocycles. The highest BCUT2D eigenvalue weighted by atomic mass is 32.1. The summed E-state index contributed by atoms with van der Waals surface area (Å²) in [6.45, 7) is 4.16. The highest BCUT2D eigenvalue weighted by Gasteiger charge is 2.07. The lowest BCUT2D eigenvalue weighted by atomic mass is 10.1. The van der Waals surface area contributed by atoms with E-state index in [0.29, 0.717) is 0 Å². The number of rotatable bonds is 2. The van der Waals surface area contributed by atoms with Gasteiger partial charge in [0.2, 0.25) is 0 Å². The van der Waals surface area contributed by atoms with Crippen LogP contribution in [-0.4, -0.2) is 9.36 Å². The molecule has 0 saturated heterocycles. The van der Waals surface area contributed by atoms with Crippen LogP contribution in [0.2, 0.25) is 0 Å². The molecule has 0 saturated carbocycles. The number of aryl methyl sites for hydroxylation is 2. The Labute approximate surface area is 116 Å². The van der Waals surface area contributed by atoms with Crippen molar-refractivity contribution in [3.63, 3.8) is 0 Å². The molecular weight excluding hydrogens is 252 g/mol. The molecule has 1 aromatic heterocycles. The first kappa shape index (κ1) is 12.1. The van der Waals surface area contributed by atoms with Crippen molar-refractivity contribution in [2.24, 2.45) is 0 Å². The van der Waals surface area contributed by atoms with Crippen LogP contribution in [0.3, 0.4) is 0 Å². The molecule has 3 heteroatoms. The van der Waals surface area contributed by atoms with Crippen LogP contribution < -0.4 is 0 Å². The van der Waals surface area contributed by atoms with Crippen molar-refractivity contribution in [1.82, 2.24) is 9.36 Å². The third-order valence-electron chi connectivity index (χ3n) is 3.03. The van der Waals surface area contributed by atoms with Crippen LogP contribution in [-0.2, 0) is 0 Å². The predicted octanol–water partition coefficient (Wildman–Crippen LogP) is 4.49. The van der Waals surface area contributed by atoms with Crippen LogP contribution >= 0.6 is 11.5 Å². The van der Waals surface area contributed by atoms with E-state index in [9.17, 15) is 0 Å². The zero-order valence-corrected chi connectivity index (χ0v) is 11.7. The van der Waals surface area contributed by atoms with Gasteiger partial charge in [0.15, 0.2) is 5.82 Å². The first-order valence-corrected chi connectivity index (χ1v) is 6.97. The average molecular weight is 266 g/mol. The average Bonchev–Trinajstić information content (AvgIpc) is 2.90. The summed E-state index contributed by atoms with van der Waals surface area (Å²) >= 11 is 1.45. The molecule has 0 unspecified atom stereocenters. The minimum Gasteiger partial charge on any atom is -0.215 e. The van der Waals surface area contributed by atoms with Gasteiger partial charge in [0.1, 0.15) is 5.01 Å². The zero-order valence-electron chi connectivity index (χ0n) is 10.9. The minimum absolute atomic E-state index is 0.806. The van der Waals surface area contributed by atoms with Gasteiger partial charge in [-0.15, -0.1) is 0 Å². The lowest BCUT2D eigenvalue weighted by molar-refractivity contribution is 1.32. The Morgan fingerprint density at radius 1 is 0.737 bits per heavy atom. The summed E-state index contributed by atoms with van der Waals surface area (Å²) in [5.41, 5.74) is 4.70. The fraction of sp³-hybridized carbons (Fsp3) is 0.125. The first-order chi connectivity index (χ1) is 9.22. The van der Waals surface area contributed by atoms with E-state index in [1.807, 2.05) is 0 Å². The summed E-state index contributed by atoms with van der Waals surface area (Å²) in [6.07, 6.45) is 0. The number of hydrogen-bond donors (Lipinski definition) is 0. The van der Waals surface area contributed by atoms with E-state index in [0.717, 1.165) is 22.0 Å². The standard InChI is InChI=1S/C16H14N2S/c1-11-3-7-13(8-4-11)15-17-16(19-18-15)14-9-5-12(2)6-10-14/h3-10H,1-2H3. The molecule has 0 aliphatic carbocycles. The van der Waals surface area contributed by atoms with E-state index in [2.05, 4.69) is 71.7 Å². The van der Waals surface area contributed by atoms with Gasteiger partial charge in [-0.1, -0.05) is 59.7 Å². The number of nitrogens with zero attached hydrogens (tertiary/aromatic N) is 2. The molecule has 2 nitrogen and oxygen atoms in total. The van der Waals surface area contributed by atoms with Crippen molar-refractivity contribution < 1.29 is 0 Å². The summed E-state index contributed by atoms with van der Waals surface area (Å²) in [5.74, 6) is 0.806. The lowest BCUT2D eigenvalue weighted by Crippen LogP contribution is -1.82. The summed E-state index contributed by atoms with van der Waals surface area (Å²) < 4.78 is 4.45. The van der Waals surface area contributed by atoms with Gasteiger partial charge < -0.3 is 0 Å². The monoisotopic (exact) mass is 266 g/mol. The maximum atomic E-state index is 4.62. The molecule has 0 atom stereocenters. The Morgan fingerprint density at radius 3 is 1.84 bits per heavy atom. The van der Waals surface area contributed by atoms with Crippen LogP contribution in [0.4, 0.5) is 0 Å². The molecule has 0 radical (unpaired) electrons. The van der Waals surface area contributed by atoms with Crippen LogP contribution in [0.25, 0.3) is 22.0 Å². The fourth-order valence-electron chi connectivity index (χ4n) is 1.86. The summed E-state index contributed by atoms with van der Waals surface area (Å²) in [4.78, 5) is 4.62. The van der Waals surface area contributed by atoms with Crippen LogP contribution in [0.5, 0.6) is 0 Å². The normalized spacial score (nSPS) is 10.6. The van der Waals surface area contributed by atoms with Gasteiger partial charge in [0, 0.05) is 11.1 Å². The van der Waals surface area contributed by atoms with Crippen LogP contribution in [0, 0.1) is 13.8 Å². The molecule has 0 aliphatic heterocycles. The lowest BCUT2D eigenvalue weighted by Gasteiger charge is -1.97. The van der Waals surface area contributed by atoms with E-state index < -0.39 is 0 Å². The Bertz CT molecular complexity index is 622. The Balaban J connectivity index is 1.95. The van der Waals surface area contributed by atoms with Gasteiger partial charge in [0.25, 0.3) is 0 Å². The summed E-state index contributed by atoms with van der Waals surface area (Å²) in [5, 5.41) is 0.968. The molecule has 0 bridgehead atoms. The van der Waals surface area contributed by atoms with E-state index in [-0.39, 0.29) is 0 Å². The van der Waals surface area contributed by atoms with Crippen LogP contribution in [0.15, 0.2) is 48.5 Å². The highest BCUT2D eigenvalue weighted by molar-refractivity contribution is 7.09. The molecular formula is C16H14N2S. The number of benzene rings is 2. The number of aromatic nitrogens is 2. The number of hydrogen-bond acceptors (Lipinski definition) is 3. The van der Waals surface area contributed by atoms with Gasteiger partial charge in [-0.05, 0) is 25.4 Å². The van der Waals surface area contributed by atoms with Gasteiger partial charge in [0.05, 0.1) is 0 Å². The second kappa shape index (κ2) is 4.94. The second-order valence-electron chi connectivity index (χ2n) is 4.66. The smallest absolute Gasteiger partial charge is 0.173 e. The third-order valence-corrected chi connectivity index (χ3v) is 3.80. The molecule has 0 amide bonds. The molecule has 0 N–H and O–H groups in total. The van der Waals surface area contributed by atoms with Crippen molar-refractivity contribution >= 4 is 11.5 Å². The van der Waals surface area contributed by atoms with Gasteiger partial charge >= 0.3 is 0 Å². The second-order valence-corrected chi connectivity index (χ2v) is 5.41. The quantitative estimate of drug-likeness (QED) is 0.683. The largest absolute Gasteiger partial charge is 0.215 e. The van der Waals surface area contributed by atoms with Crippen molar-refractivity contribution in [3.05, 3.63) is 59.7 Å². The Kier molecular flexibility index (Phi) is 3.13. The Morgan fingerprint density at radius 2 is 1.26 bits per heavy atom. The fourth-order valence-corrected chi connectivity index (χ4v) is 2.54. The van der Waals surface area contributed by atoms with Crippen LogP contribution in [0.1, 0.15) is 11.1 Å². The van der Waals surface area contributed by atoms with Gasteiger partial charge in [-0.25, -0.2) is 4.98 Å². The Hall–Kier alpha value is -2.00. The van der Waals surface area contributed by atoms with E-state index in [1.165, 1.54) is 22.7 Å². The van der Waals surface area contributed by atoms with Crippen molar-refractivity contribution in [3.8, 4) is 22.0 Å². The molecule has 3 aromatic rings. The third kappa shape index (κ3) is 2.56. The molecule has 0 aliphatic rings. The molecule has 0 fully saturated rings. The van der Waals surface area contributed by atoms with E-state index in [1.54, 1.807) is 0 Å². The molecule has 19 heavy (non-hydrogen) atoms. The van der Waals surface area contributed by atoms with Crippen molar-refractivity contribution in [2.45, 2.75) is 13.8 Å². The molecule has 94 valence electrons. The van der Waals surface area contributed by atoms with E-state index >= 15 is 0 Å². The summed E-state index contributed by atoms with van der Waals surface area (Å²) in [6, 6.07) is 16.7. The molecule has 0 spiro atoms. The zero-order chi connectivity index (χ0) is 13.2. The van der Waals surface area contributed by atoms with Gasteiger partial charge in [-0.2, -0.15) is 4.37 Å². The molecule has 3 rings (SSSR count). The SMILES string of the molecule is Cc1ccc(-c2nsc(-c3ccc(C)cc3)n2)cc1. The maximum absolute atomic E-state index is 4.62. The minimum atomic E-state index is 0.806.